The standard InChI is InChI=1S/C40H40O12S2/c1-3-31(42)48-20-6-7-21-49-37(45)23-10-12-24(13-11-23)38(46)51-26-16-14-25(15-17-26)39(47)52-30-19-18-29(50-22(2)41)35-36(30)54-40(53-35)32-33(43)27-8-4-5-9-28(27)34(32)44/h3-5,8-9,18-19,23-26H,1,6-7,10-17,20-21H2,2H3. The lowest BCUT2D eigenvalue weighted by atomic mass is 9.82. The van der Waals surface area contributed by atoms with Crippen LogP contribution in [0.3, 0.4) is 0 Å². The Labute approximate surface area is 320 Å². The van der Waals surface area contributed by atoms with E-state index in [1.54, 1.807) is 24.3 Å². The van der Waals surface area contributed by atoms with Gasteiger partial charge in [-0.2, -0.15) is 0 Å². The minimum Gasteiger partial charge on any atom is -0.465 e. The van der Waals surface area contributed by atoms with E-state index in [0.29, 0.717) is 89.4 Å². The lowest BCUT2D eigenvalue weighted by Crippen LogP contribution is -2.33. The lowest BCUT2D eigenvalue weighted by molar-refractivity contribution is -0.160. The number of unbranched alkanes of at least 4 members (excludes halogenated alkanes) is 1. The van der Waals surface area contributed by atoms with Crippen LogP contribution < -0.4 is 9.47 Å². The second kappa shape index (κ2) is 17.6. The second-order valence-electron chi connectivity index (χ2n) is 13.5. The minimum atomic E-state index is -0.547. The molecule has 0 N–H and O–H groups in total. The summed E-state index contributed by atoms with van der Waals surface area (Å²) < 4.78 is 27.9. The molecule has 0 amide bonds. The number of fused-ring (bicyclic) bond motifs is 2. The number of ketones is 2. The first kappa shape index (κ1) is 39.0. The zero-order valence-corrected chi connectivity index (χ0v) is 31.4. The molecule has 12 nitrogen and oxygen atoms in total. The molecule has 2 aromatic rings. The predicted octanol–water partition coefficient (Wildman–Crippen LogP) is 6.97. The molecular weight excluding hydrogens is 737 g/mol. The third kappa shape index (κ3) is 8.98. The van der Waals surface area contributed by atoms with Crippen LogP contribution in [0.15, 0.2) is 68.7 Å². The molecule has 14 heteroatoms. The van der Waals surface area contributed by atoms with Crippen molar-refractivity contribution in [2.45, 2.75) is 87.0 Å². The highest BCUT2D eigenvalue weighted by Crippen LogP contribution is 2.60. The van der Waals surface area contributed by atoms with Crippen molar-refractivity contribution in [3.8, 4) is 11.5 Å². The average molecular weight is 777 g/mol. The zero-order chi connectivity index (χ0) is 38.4. The van der Waals surface area contributed by atoms with Crippen molar-refractivity contribution in [2.75, 3.05) is 13.2 Å². The van der Waals surface area contributed by atoms with E-state index in [2.05, 4.69) is 6.58 Å². The number of allylic oxidation sites excluding steroid dienone is 1. The van der Waals surface area contributed by atoms with Crippen molar-refractivity contribution in [1.29, 1.82) is 0 Å². The summed E-state index contributed by atoms with van der Waals surface area (Å²) >= 11 is 2.26. The van der Waals surface area contributed by atoms with Crippen LogP contribution >= 0.6 is 23.5 Å². The number of hydrogen-bond acceptors (Lipinski definition) is 14. The van der Waals surface area contributed by atoms with Gasteiger partial charge in [-0.1, -0.05) is 54.4 Å². The molecule has 54 heavy (non-hydrogen) atoms. The normalized spacial score (nSPS) is 21.8. The maximum absolute atomic E-state index is 13.4. The molecule has 2 fully saturated rings. The number of benzene rings is 2. The zero-order valence-electron chi connectivity index (χ0n) is 29.8. The Morgan fingerprint density at radius 3 is 1.74 bits per heavy atom. The van der Waals surface area contributed by atoms with E-state index in [9.17, 15) is 33.6 Å². The largest absolute Gasteiger partial charge is 0.465 e. The molecule has 0 unspecified atom stereocenters. The van der Waals surface area contributed by atoms with Crippen LogP contribution in [0, 0.1) is 17.8 Å². The molecule has 0 spiro atoms. The van der Waals surface area contributed by atoms with E-state index >= 15 is 0 Å². The molecule has 4 aliphatic rings. The number of hydrogen-bond donors (Lipinski definition) is 0. The van der Waals surface area contributed by atoms with Crippen LogP contribution in [0.5, 0.6) is 11.5 Å². The van der Waals surface area contributed by atoms with Crippen LogP contribution in [0.25, 0.3) is 0 Å². The fourth-order valence-corrected chi connectivity index (χ4v) is 9.61. The molecule has 3 aliphatic carbocycles. The van der Waals surface area contributed by atoms with Gasteiger partial charge >= 0.3 is 29.8 Å². The summed E-state index contributed by atoms with van der Waals surface area (Å²) in [5, 5.41) is 0. The summed E-state index contributed by atoms with van der Waals surface area (Å²) in [5.41, 5.74) is 0.692. The number of thioether (sulfide) groups is 2. The molecule has 1 heterocycles. The van der Waals surface area contributed by atoms with Gasteiger partial charge < -0.3 is 23.7 Å². The maximum atomic E-state index is 13.4. The lowest BCUT2D eigenvalue weighted by Gasteiger charge is -2.30. The molecule has 2 saturated carbocycles. The highest BCUT2D eigenvalue weighted by Gasteiger charge is 2.40. The highest BCUT2D eigenvalue weighted by atomic mass is 32.2. The first-order valence-electron chi connectivity index (χ1n) is 18.1. The third-order valence-corrected chi connectivity index (χ3v) is 12.5. The van der Waals surface area contributed by atoms with Crippen LogP contribution in [-0.4, -0.2) is 60.7 Å². The minimum absolute atomic E-state index is 0.0332. The van der Waals surface area contributed by atoms with Crippen molar-refractivity contribution in [3.63, 3.8) is 0 Å². The van der Waals surface area contributed by atoms with Crippen LogP contribution in [0.1, 0.15) is 91.8 Å². The number of carbonyl (C=O) groups excluding carboxylic acids is 7. The van der Waals surface area contributed by atoms with Crippen molar-refractivity contribution >= 4 is 64.9 Å². The molecule has 6 rings (SSSR count). The number of Topliss-reactive ketones (excluding diaryl/α,β-unsaturated/α-hetero) is 2. The van der Waals surface area contributed by atoms with E-state index < -0.39 is 23.8 Å². The first-order chi connectivity index (χ1) is 26.0. The Hall–Kier alpha value is -4.69. The van der Waals surface area contributed by atoms with Crippen LogP contribution in [0.4, 0.5) is 0 Å². The Kier molecular flexibility index (Phi) is 12.7. The van der Waals surface area contributed by atoms with E-state index in [4.69, 9.17) is 23.7 Å². The first-order valence-corrected chi connectivity index (χ1v) is 19.7. The van der Waals surface area contributed by atoms with Crippen molar-refractivity contribution in [1.82, 2.24) is 0 Å². The Balaban J connectivity index is 0.977. The molecule has 0 bridgehead atoms. The van der Waals surface area contributed by atoms with E-state index in [1.165, 1.54) is 19.1 Å². The SMILES string of the molecule is C=CC(=O)OCCCCOC(=O)C1CCC(C(=O)OC2CCC(C(=O)Oc3ccc(OC(C)=O)c4c3SC(=C3C(=O)c5ccccc5C3=O)S4)CC2)CC1. The summed E-state index contributed by atoms with van der Waals surface area (Å²) in [4.78, 5) is 89.3. The average Bonchev–Trinajstić information content (AvgIpc) is 3.72. The predicted molar refractivity (Wildman–Crippen MR) is 196 cm³/mol. The Bertz CT molecular complexity index is 1860. The Morgan fingerprint density at radius 1 is 0.685 bits per heavy atom. The molecule has 0 saturated heterocycles. The van der Waals surface area contributed by atoms with E-state index in [0.717, 1.165) is 29.6 Å². The van der Waals surface area contributed by atoms with E-state index in [-0.39, 0.29) is 71.7 Å². The van der Waals surface area contributed by atoms with Crippen LogP contribution in [0.2, 0.25) is 0 Å². The molecule has 1 aliphatic heterocycles. The monoisotopic (exact) mass is 776 g/mol. The molecule has 0 aromatic heterocycles. The third-order valence-electron chi connectivity index (χ3n) is 9.85. The summed E-state index contributed by atoms with van der Waals surface area (Å²) in [7, 11) is 0. The molecular formula is C40H40O12S2. The summed E-state index contributed by atoms with van der Waals surface area (Å²) in [6.45, 7) is 5.08. The number of carbonyl (C=O) groups is 7. The van der Waals surface area contributed by atoms with Gasteiger partial charge in [0.25, 0.3) is 0 Å². The topological polar surface area (TPSA) is 166 Å². The van der Waals surface area contributed by atoms with Crippen molar-refractivity contribution < 1.29 is 57.2 Å². The summed E-state index contributed by atoms with van der Waals surface area (Å²) in [6, 6.07) is 9.68. The molecule has 284 valence electrons. The smallest absolute Gasteiger partial charge is 0.330 e. The van der Waals surface area contributed by atoms with Crippen LogP contribution in [-0.2, 0) is 38.2 Å². The van der Waals surface area contributed by atoms with Gasteiger partial charge in [0.2, 0.25) is 0 Å². The quantitative estimate of drug-likeness (QED) is 0.0542. The van der Waals surface area contributed by atoms with Crippen molar-refractivity contribution in [2.24, 2.45) is 17.8 Å². The number of esters is 5. The second-order valence-corrected chi connectivity index (χ2v) is 15.8. The van der Waals surface area contributed by atoms with Gasteiger partial charge in [-0.3, -0.25) is 28.8 Å². The summed E-state index contributed by atoms with van der Waals surface area (Å²) in [6.07, 6.45) is 5.96. The fourth-order valence-electron chi connectivity index (χ4n) is 6.94. The van der Waals surface area contributed by atoms with Gasteiger partial charge in [0.1, 0.15) is 17.6 Å². The number of rotatable bonds is 12. The van der Waals surface area contributed by atoms with Gasteiger partial charge in [-0.15, -0.1) is 0 Å². The number of ether oxygens (including phenoxy) is 5. The highest BCUT2D eigenvalue weighted by molar-refractivity contribution is 8.25. The molecule has 2 aromatic carbocycles. The van der Waals surface area contributed by atoms with Gasteiger partial charge in [0.15, 0.2) is 11.6 Å². The fraction of sp³-hybridized carbons (Fsp3) is 0.425. The molecule has 0 radical (unpaired) electrons. The van der Waals surface area contributed by atoms with E-state index in [1.807, 2.05) is 0 Å². The molecule has 0 atom stereocenters. The van der Waals surface area contributed by atoms with Gasteiger partial charge in [0, 0.05) is 24.1 Å². The maximum Gasteiger partial charge on any atom is 0.330 e. The van der Waals surface area contributed by atoms with Gasteiger partial charge in [0.05, 0.1) is 50.6 Å². The Morgan fingerprint density at radius 2 is 1.19 bits per heavy atom. The van der Waals surface area contributed by atoms with Gasteiger partial charge in [-0.25, -0.2) is 4.79 Å². The summed E-state index contributed by atoms with van der Waals surface area (Å²) in [5.74, 6) is -3.35. The van der Waals surface area contributed by atoms with Gasteiger partial charge in [-0.05, 0) is 76.3 Å². The van der Waals surface area contributed by atoms with Crippen molar-refractivity contribution in [3.05, 3.63) is 70.0 Å².